The van der Waals surface area contributed by atoms with Gasteiger partial charge in [-0.1, -0.05) is 6.07 Å². The van der Waals surface area contributed by atoms with Crippen molar-refractivity contribution in [1.29, 1.82) is 0 Å². The molecular weight excluding hydrogens is 232 g/mol. The number of pyridine rings is 1. The molecule has 0 unspecified atom stereocenters. The van der Waals surface area contributed by atoms with Gasteiger partial charge in [0.05, 0.1) is 19.0 Å². The van der Waals surface area contributed by atoms with Crippen molar-refractivity contribution in [1.82, 2.24) is 4.98 Å². The predicted molar refractivity (Wildman–Crippen MR) is 72.0 cm³/mol. The summed E-state index contributed by atoms with van der Waals surface area (Å²) in [4.78, 5) is 5.60. The third-order valence-electron chi connectivity index (χ3n) is 2.49. The van der Waals surface area contributed by atoms with Crippen LogP contribution in [0.2, 0.25) is 0 Å². The standard InChI is InChI=1S/C13H16N2OS/c1-10-8-12(13(16-2)9-15-10)14-6-5-11-4-3-7-17-11/h3-4,7-9H,5-6H2,1-2H3,(H,14,15). The molecule has 0 fully saturated rings. The zero-order valence-corrected chi connectivity index (χ0v) is 10.9. The number of anilines is 1. The molecule has 0 bridgehead atoms. The third kappa shape index (κ3) is 3.20. The quantitative estimate of drug-likeness (QED) is 0.882. The Labute approximate surface area is 105 Å². The normalized spacial score (nSPS) is 10.2. The van der Waals surface area contributed by atoms with Gasteiger partial charge in [0.2, 0.25) is 0 Å². The maximum Gasteiger partial charge on any atom is 0.160 e. The molecule has 4 heteroatoms. The van der Waals surface area contributed by atoms with Crippen molar-refractivity contribution >= 4 is 17.0 Å². The molecule has 0 amide bonds. The van der Waals surface area contributed by atoms with Crippen LogP contribution in [-0.2, 0) is 6.42 Å². The lowest BCUT2D eigenvalue weighted by molar-refractivity contribution is 0.414. The van der Waals surface area contributed by atoms with Gasteiger partial charge in [0.15, 0.2) is 5.75 Å². The molecular formula is C13H16N2OS. The second-order valence-electron chi connectivity index (χ2n) is 3.78. The summed E-state index contributed by atoms with van der Waals surface area (Å²) in [5.41, 5.74) is 2.00. The highest BCUT2D eigenvalue weighted by atomic mass is 32.1. The summed E-state index contributed by atoms with van der Waals surface area (Å²) in [6.07, 6.45) is 2.78. The van der Waals surface area contributed by atoms with Gasteiger partial charge in [-0.25, -0.2) is 0 Å². The van der Waals surface area contributed by atoms with Gasteiger partial charge in [0.1, 0.15) is 0 Å². The summed E-state index contributed by atoms with van der Waals surface area (Å²) in [7, 11) is 1.66. The lowest BCUT2D eigenvalue weighted by Crippen LogP contribution is -2.06. The maximum atomic E-state index is 5.27. The number of ether oxygens (including phenoxy) is 1. The number of rotatable bonds is 5. The number of hydrogen-bond acceptors (Lipinski definition) is 4. The molecule has 3 nitrogen and oxygen atoms in total. The van der Waals surface area contributed by atoms with E-state index in [0.29, 0.717) is 0 Å². The van der Waals surface area contributed by atoms with Crippen molar-refractivity contribution in [3.8, 4) is 5.75 Å². The van der Waals surface area contributed by atoms with E-state index in [1.807, 2.05) is 13.0 Å². The first-order valence-electron chi connectivity index (χ1n) is 5.56. The largest absolute Gasteiger partial charge is 0.493 e. The summed E-state index contributed by atoms with van der Waals surface area (Å²) < 4.78 is 5.27. The topological polar surface area (TPSA) is 34.1 Å². The zero-order valence-electron chi connectivity index (χ0n) is 10.1. The van der Waals surface area contributed by atoms with E-state index in [1.54, 1.807) is 24.6 Å². The van der Waals surface area contributed by atoms with Crippen molar-refractivity contribution < 1.29 is 4.74 Å². The van der Waals surface area contributed by atoms with E-state index < -0.39 is 0 Å². The Kier molecular flexibility index (Phi) is 3.98. The van der Waals surface area contributed by atoms with Crippen LogP contribution in [0.1, 0.15) is 10.6 Å². The van der Waals surface area contributed by atoms with Crippen molar-refractivity contribution in [2.24, 2.45) is 0 Å². The highest BCUT2D eigenvalue weighted by Crippen LogP contribution is 2.23. The van der Waals surface area contributed by atoms with Crippen molar-refractivity contribution in [3.05, 3.63) is 40.3 Å². The zero-order chi connectivity index (χ0) is 12.1. The van der Waals surface area contributed by atoms with Gasteiger partial charge in [-0.15, -0.1) is 11.3 Å². The molecule has 2 rings (SSSR count). The number of nitrogens with zero attached hydrogens (tertiary/aromatic N) is 1. The van der Waals surface area contributed by atoms with Crippen LogP contribution in [0.15, 0.2) is 29.8 Å². The molecule has 0 saturated heterocycles. The van der Waals surface area contributed by atoms with Crippen LogP contribution in [0, 0.1) is 6.92 Å². The Morgan fingerprint density at radius 2 is 2.35 bits per heavy atom. The lowest BCUT2D eigenvalue weighted by atomic mass is 10.3. The Hall–Kier alpha value is -1.55. The second-order valence-corrected chi connectivity index (χ2v) is 4.81. The lowest BCUT2D eigenvalue weighted by Gasteiger charge is -2.10. The first kappa shape index (κ1) is 11.9. The van der Waals surface area contributed by atoms with Crippen LogP contribution in [0.4, 0.5) is 5.69 Å². The van der Waals surface area contributed by atoms with E-state index in [2.05, 4.69) is 27.8 Å². The molecule has 17 heavy (non-hydrogen) atoms. The molecule has 2 aromatic rings. The summed E-state index contributed by atoms with van der Waals surface area (Å²) in [6, 6.07) is 6.24. The Balaban J connectivity index is 1.96. The summed E-state index contributed by atoms with van der Waals surface area (Å²) in [5.74, 6) is 0.793. The van der Waals surface area contributed by atoms with Crippen LogP contribution < -0.4 is 10.1 Å². The molecule has 0 aliphatic rings. The fraction of sp³-hybridized carbons (Fsp3) is 0.308. The van der Waals surface area contributed by atoms with Gasteiger partial charge in [-0.3, -0.25) is 4.98 Å². The van der Waals surface area contributed by atoms with Gasteiger partial charge in [-0.2, -0.15) is 0 Å². The average Bonchev–Trinajstić information content (AvgIpc) is 2.82. The van der Waals surface area contributed by atoms with E-state index in [0.717, 1.165) is 30.1 Å². The number of aryl methyl sites for hydroxylation is 1. The van der Waals surface area contributed by atoms with Crippen molar-refractivity contribution in [2.75, 3.05) is 19.0 Å². The third-order valence-corrected chi connectivity index (χ3v) is 3.43. The first-order valence-corrected chi connectivity index (χ1v) is 6.44. The number of aromatic nitrogens is 1. The molecule has 0 aromatic carbocycles. The highest BCUT2D eigenvalue weighted by Gasteiger charge is 2.03. The van der Waals surface area contributed by atoms with Crippen LogP contribution in [0.25, 0.3) is 0 Å². The van der Waals surface area contributed by atoms with Crippen LogP contribution in [-0.4, -0.2) is 18.6 Å². The first-order chi connectivity index (χ1) is 8.29. The van der Waals surface area contributed by atoms with Crippen LogP contribution in [0.5, 0.6) is 5.75 Å². The van der Waals surface area contributed by atoms with Gasteiger partial charge < -0.3 is 10.1 Å². The predicted octanol–water partition coefficient (Wildman–Crippen LogP) is 3.11. The molecule has 0 saturated carbocycles. The minimum absolute atomic E-state index is 0.793. The Bertz CT molecular complexity index is 468. The van der Waals surface area contributed by atoms with E-state index in [4.69, 9.17) is 4.74 Å². The molecule has 2 aromatic heterocycles. The fourth-order valence-corrected chi connectivity index (χ4v) is 2.33. The van der Waals surface area contributed by atoms with Crippen molar-refractivity contribution in [3.63, 3.8) is 0 Å². The number of thiophene rings is 1. The van der Waals surface area contributed by atoms with E-state index >= 15 is 0 Å². The smallest absolute Gasteiger partial charge is 0.160 e. The average molecular weight is 248 g/mol. The molecule has 90 valence electrons. The van der Waals surface area contributed by atoms with Crippen LogP contribution in [0.3, 0.4) is 0 Å². The highest BCUT2D eigenvalue weighted by molar-refractivity contribution is 7.09. The molecule has 0 atom stereocenters. The fourth-order valence-electron chi connectivity index (χ4n) is 1.62. The molecule has 0 aliphatic heterocycles. The Morgan fingerprint density at radius 1 is 1.47 bits per heavy atom. The molecule has 0 aliphatic carbocycles. The van der Waals surface area contributed by atoms with E-state index in [-0.39, 0.29) is 0 Å². The minimum Gasteiger partial charge on any atom is -0.493 e. The van der Waals surface area contributed by atoms with E-state index in [9.17, 15) is 0 Å². The minimum atomic E-state index is 0.793. The van der Waals surface area contributed by atoms with Gasteiger partial charge in [0.25, 0.3) is 0 Å². The maximum absolute atomic E-state index is 5.27. The molecule has 0 spiro atoms. The van der Waals surface area contributed by atoms with Gasteiger partial charge in [0, 0.05) is 17.1 Å². The molecule has 0 radical (unpaired) electrons. The monoisotopic (exact) mass is 248 g/mol. The summed E-state index contributed by atoms with van der Waals surface area (Å²) in [6.45, 7) is 2.88. The van der Waals surface area contributed by atoms with Crippen molar-refractivity contribution in [2.45, 2.75) is 13.3 Å². The summed E-state index contributed by atoms with van der Waals surface area (Å²) >= 11 is 1.79. The van der Waals surface area contributed by atoms with Gasteiger partial charge >= 0.3 is 0 Å². The van der Waals surface area contributed by atoms with E-state index in [1.165, 1.54) is 4.88 Å². The Morgan fingerprint density at radius 3 is 3.06 bits per heavy atom. The number of hydrogen-bond donors (Lipinski definition) is 1. The SMILES string of the molecule is COc1cnc(C)cc1NCCc1cccs1. The number of nitrogens with one attached hydrogen (secondary N) is 1. The summed E-state index contributed by atoms with van der Waals surface area (Å²) in [5, 5.41) is 5.49. The number of methoxy groups -OCH3 is 1. The van der Waals surface area contributed by atoms with Gasteiger partial charge in [-0.05, 0) is 30.9 Å². The molecule has 1 N–H and O–H groups in total. The molecule has 2 heterocycles. The second kappa shape index (κ2) is 5.68. The van der Waals surface area contributed by atoms with Crippen LogP contribution >= 0.6 is 11.3 Å².